The molecule has 0 aromatic rings. The van der Waals surface area contributed by atoms with Gasteiger partial charge in [0.2, 0.25) is 0 Å². The lowest BCUT2D eigenvalue weighted by Gasteiger charge is -1.92. The van der Waals surface area contributed by atoms with Gasteiger partial charge in [-0.15, -0.1) is 0 Å². The van der Waals surface area contributed by atoms with Crippen LogP contribution in [0.25, 0.3) is 0 Å². The van der Waals surface area contributed by atoms with E-state index in [2.05, 4.69) is 31.2 Å². The summed E-state index contributed by atoms with van der Waals surface area (Å²) in [6, 6.07) is 0. The molecule has 0 heteroatoms. The molecule has 0 atom stereocenters. The molecule has 0 aliphatic carbocycles. The van der Waals surface area contributed by atoms with Crippen LogP contribution in [0.2, 0.25) is 0 Å². The van der Waals surface area contributed by atoms with Gasteiger partial charge < -0.3 is 0 Å². The zero-order valence-corrected chi connectivity index (χ0v) is 9.00. The summed E-state index contributed by atoms with van der Waals surface area (Å²) in [6.45, 7) is 4.27. The molecule has 0 saturated heterocycles. The Bertz CT molecular complexity index is 161. The van der Waals surface area contributed by atoms with Crippen LogP contribution in [0.5, 0.6) is 0 Å². The van der Waals surface area contributed by atoms with Crippen molar-refractivity contribution in [2.75, 3.05) is 0 Å². The lowest BCUT2D eigenvalue weighted by molar-refractivity contribution is 0.674. The standard InChI is InChI=1S/C13H22/c1-3-5-7-9-11-13-12-10-8-6-4-2/h3,5,7,9,11,13H,4,6,8,10,12H2,1-2H3/b5-3+,9-7+,13-11+. The number of rotatable bonds is 7. The molecular weight excluding hydrogens is 156 g/mol. The van der Waals surface area contributed by atoms with Crippen LogP contribution in [0.1, 0.15) is 46.0 Å². The van der Waals surface area contributed by atoms with E-state index in [1.165, 1.54) is 32.1 Å². The van der Waals surface area contributed by atoms with E-state index in [-0.39, 0.29) is 0 Å². The zero-order chi connectivity index (χ0) is 9.78. The Kier molecular flexibility index (Phi) is 10.5. The molecule has 0 rings (SSSR count). The van der Waals surface area contributed by atoms with E-state index in [0.29, 0.717) is 0 Å². The van der Waals surface area contributed by atoms with E-state index in [9.17, 15) is 0 Å². The van der Waals surface area contributed by atoms with Gasteiger partial charge in [0.05, 0.1) is 0 Å². The summed E-state index contributed by atoms with van der Waals surface area (Å²) in [4.78, 5) is 0. The van der Waals surface area contributed by atoms with Crippen molar-refractivity contribution in [3.8, 4) is 0 Å². The van der Waals surface area contributed by atoms with Gasteiger partial charge in [-0.2, -0.15) is 0 Å². The van der Waals surface area contributed by atoms with Crippen LogP contribution in [0, 0.1) is 0 Å². The fraction of sp³-hybridized carbons (Fsp3) is 0.538. The van der Waals surface area contributed by atoms with Gasteiger partial charge in [-0.05, 0) is 19.8 Å². The quantitative estimate of drug-likeness (QED) is 0.393. The number of allylic oxidation sites excluding steroid dienone is 6. The molecule has 0 saturated carbocycles. The van der Waals surface area contributed by atoms with Gasteiger partial charge in [0.25, 0.3) is 0 Å². The summed E-state index contributed by atoms with van der Waals surface area (Å²) in [7, 11) is 0. The number of hydrogen-bond acceptors (Lipinski definition) is 0. The first-order chi connectivity index (χ1) is 6.41. The van der Waals surface area contributed by atoms with Crippen molar-refractivity contribution in [1.29, 1.82) is 0 Å². The molecule has 0 N–H and O–H groups in total. The molecule has 0 radical (unpaired) electrons. The molecule has 0 aromatic heterocycles. The van der Waals surface area contributed by atoms with Crippen LogP contribution < -0.4 is 0 Å². The number of hydrogen-bond donors (Lipinski definition) is 0. The van der Waals surface area contributed by atoms with E-state index >= 15 is 0 Å². The van der Waals surface area contributed by atoms with Crippen molar-refractivity contribution in [2.45, 2.75) is 46.0 Å². The molecule has 0 spiro atoms. The predicted octanol–water partition coefficient (Wildman–Crippen LogP) is 4.65. The molecule has 0 unspecified atom stereocenters. The molecular formula is C13H22. The Morgan fingerprint density at radius 2 is 1.62 bits per heavy atom. The molecule has 0 aliphatic rings. The first-order valence-corrected chi connectivity index (χ1v) is 5.36. The van der Waals surface area contributed by atoms with Crippen molar-refractivity contribution in [3.63, 3.8) is 0 Å². The van der Waals surface area contributed by atoms with Gasteiger partial charge in [-0.3, -0.25) is 0 Å². The average molecular weight is 178 g/mol. The maximum Gasteiger partial charge on any atom is -0.0348 e. The molecule has 0 nitrogen and oxygen atoms in total. The van der Waals surface area contributed by atoms with Crippen LogP contribution in [-0.2, 0) is 0 Å². The highest BCUT2D eigenvalue weighted by atomic mass is 13.9. The van der Waals surface area contributed by atoms with Crippen LogP contribution in [-0.4, -0.2) is 0 Å². The third-order valence-corrected chi connectivity index (χ3v) is 1.89. The van der Waals surface area contributed by atoms with E-state index < -0.39 is 0 Å². The molecule has 0 heterocycles. The Labute approximate surface area is 83.0 Å². The molecule has 0 amide bonds. The van der Waals surface area contributed by atoms with E-state index in [4.69, 9.17) is 0 Å². The third kappa shape index (κ3) is 11.2. The lowest BCUT2D eigenvalue weighted by atomic mass is 10.1. The van der Waals surface area contributed by atoms with Crippen molar-refractivity contribution in [2.24, 2.45) is 0 Å². The molecule has 0 aromatic carbocycles. The van der Waals surface area contributed by atoms with Crippen molar-refractivity contribution < 1.29 is 0 Å². The summed E-state index contributed by atoms with van der Waals surface area (Å²) in [5.41, 5.74) is 0. The molecule has 74 valence electrons. The summed E-state index contributed by atoms with van der Waals surface area (Å²) >= 11 is 0. The molecule has 0 fully saturated rings. The fourth-order valence-electron chi connectivity index (χ4n) is 1.10. The van der Waals surface area contributed by atoms with Gasteiger partial charge in [-0.25, -0.2) is 0 Å². The van der Waals surface area contributed by atoms with E-state index in [1.54, 1.807) is 0 Å². The number of unbranched alkanes of at least 4 members (excludes halogenated alkanes) is 4. The van der Waals surface area contributed by atoms with Crippen LogP contribution in [0.4, 0.5) is 0 Å². The maximum atomic E-state index is 2.25. The van der Waals surface area contributed by atoms with Crippen molar-refractivity contribution in [1.82, 2.24) is 0 Å². The average Bonchev–Trinajstić information content (AvgIpc) is 2.16. The smallest absolute Gasteiger partial charge is 0.0348 e. The Morgan fingerprint density at radius 1 is 0.846 bits per heavy atom. The van der Waals surface area contributed by atoms with Gasteiger partial charge in [0, 0.05) is 0 Å². The lowest BCUT2D eigenvalue weighted by Crippen LogP contribution is -1.72. The Balaban J connectivity index is 3.21. The minimum absolute atomic E-state index is 1.22. The van der Waals surface area contributed by atoms with Crippen molar-refractivity contribution in [3.05, 3.63) is 36.5 Å². The molecule has 13 heavy (non-hydrogen) atoms. The van der Waals surface area contributed by atoms with Crippen LogP contribution in [0.15, 0.2) is 36.5 Å². The predicted molar refractivity (Wildman–Crippen MR) is 61.9 cm³/mol. The summed E-state index contributed by atoms with van der Waals surface area (Å²) in [5.74, 6) is 0. The van der Waals surface area contributed by atoms with E-state index in [0.717, 1.165) is 0 Å². The highest BCUT2D eigenvalue weighted by Gasteiger charge is 1.82. The second-order valence-corrected chi connectivity index (χ2v) is 3.19. The van der Waals surface area contributed by atoms with Gasteiger partial charge >= 0.3 is 0 Å². The monoisotopic (exact) mass is 178 g/mol. The fourth-order valence-corrected chi connectivity index (χ4v) is 1.10. The third-order valence-electron chi connectivity index (χ3n) is 1.89. The second-order valence-electron chi connectivity index (χ2n) is 3.19. The van der Waals surface area contributed by atoms with Gasteiger partial charge in [-0.1, -0.05) is 62.6 Å². The summed E-state index contributed by atoms with van der Waals surface area (Å²) < 4.78 is 0. The highest BCUT2D eigenvalue weighted by Crippen LogP contribution is 2.02. The Morgan fingerprint density at radius 3 is 2.31 bits per heavy atom. The van der Waals surface area contributed by atoms with Gasteiger partial charge in [0.15, 0.2) is 0 Å². The summed E-state index contributed by atoms with van der Waals surface area (Å²) in [6.07, 6.45) is 19.2. The highest BCUT2D eigenvalue weighted by molar-refractivity contribution is 5.10. The van der Waals surface area contributed by atoms with Gasteiger partial charge in [0.1, 0.15) is 0 Å². The van der Waals surface area contributed by atoms with Crippen LogP contribution >= 0.6 is 0 Å². The van der Waals surface area contributed by atoms with Crippen molar-refractivity contribution >= 4 is 0 Å². The topological polar surface area (TPSA) is 0 Å². The van der Waals surface area contributed by atoms with E-state index in [1.807, 2.05) is 19.1 Å². The van der Waals surface area contributed by atoms with Crippen LogP contribution in [0.3, 0.4) is 0 Å². The first kappa shape index (κ1) is 12.2. The normalized spacial score (nSPS) is 12.5. The summed E-state index contributed by atoms with van der Waals surface area (Å²) in [5, 5.41) is 0. The zero-order valence-electron chi connectivity index (χ0n) is 9.00. The molecule has 0 aliphatic heterocycles. The first-order valence-electron chi connectivity index (χ1n) is 5.36. The minimum atomic E-state index is 1.22. The SMILES string of the molecule is C/C=C/C=C/C=C/CCCCCC. The molecule has 0 bridgehead atoms. The second kappa shape index (κ2) is 11.2. The Hall–Kier alpha value is -0.780. The maximum absolute atomic E-state index is 2.25. The minimum Gasteiger partial charge on any atom is -0.0877 e. The largest absolute Gasteiger partial charge is 0.0877 e.